The number of carbonyl (C=O) groups excluding carboxylic acids is 1. The topological polar surface area (TPSA) is 58.2 Å². The van der Waals surface area contributed by atoms with E-state index in [0.717, 1.165) is 0 Å². The molecule has 0 radical (unpaired) electrons. The van der Waals surface area contributed by atoms with Crippen molar-refractivity contribution in [2.24, 2.45) is 0 Å². The number of carbonyl (C=O) groups is 1. The third-order valence-electron chi connectivity index (χ3n) is 3.16. The zero-order valence-corrected chi connectivity index (χ0v) is 13.4. The number of hydrogen-bond donors (Lipinski definition) is 2. The second-order valence-corrected chi connectivity index (χ2v) is 6.35. The Morgan fingerprint density at radius 1 is 1.08 bits per heavy atom. The molecule has 0 aliphatic rings. The van der Waals surface area contributed by atoms with Crippen LogP contribution >= 0.6 is 0 Å². The predicted octanol–water partition coefficient (Wildman–Crippen LogP) is 3.85. The molecule has 0 aliphatic carbocycles. The summed E-state index contributed by atoms with van der Waals surface area (Å²) >= 11 is 0. The number of amides is 2. The van der Waals surface area contributed by atoms with Gasteiger partial charge in [-0.15, -0.1) is 0 Å². The van der Waals surface area contributed by atoms with Gasteiger partial charge in [0.1, 0.15) is 0 Å². The Hall–Kier alpha value is -2.35. The molecule has 8 heteroatoms. The summed E-state index contributed by atoms with van der Waals surface area (Å²) in [5.74, 6) is 0. The van der Waals surface area contributed by atoms with Crippen molar-refractivity contribution in [1.29, 1.82) is 0 Å². The Balaban J connectivity index is 2.14. The van der Waals surface area contributed by atoms with Crippen molar-refractivity contribution in [3.63, 3.8) is 0 Å². The zero-order chi connectivity index (χ0) is 17.7. The van der Waals surface area contributed by atoms with Gasteiger partial charge in [-0.2, -0.15) is 13.2 Å². The van der Waals surface area contributed by atoms with Crippen LogP contribution in [0.15, 0.2) is 59.5 Å². The van der Waals surface area contributed by atoms with Crippen molar-refractivity contribution in [3.05, 3.63) is 60.2 Å². The van der Waals surface area contributed by atoms with Crippen molar-refractivity contribution < 1.29 is 22.2 Å². The first-order valence-corrected chi connectivity index (χ1v) is 8.46. The fraction of sp³-hybridized carbons (Fsp3) is 0.188. The number of halogens is 3. The van der Waals surface area contributed by atoms with E-state index < -0.39 is 29.0 Å². The van der Waals surface area contributed by atoms with E-state index in [-0.39, 0.29) is 11.3 Å². The Labute approximate surface area is 139 Å². The molecular weight excluding hydrogens is 341 g/mol. The van der Waals surface area contributed by atoms with Crippen LogP contribution in [0, 0.1) is 0 Å². The fourth-order valence-corrected chi connectivity index (χ4v) is 2.61. The van der Waals surface area contributed by atoms with Gasteiger partial charge in [0.2, 0.25) is 0 Å². The van der Waals surface area contributed by atoms with Crippen LogP contribution in [0.25, 0.3) is 0 Å². The van der Waals surface area contributed by atoms with Crippen molar-refractivity contribution in [1.82, 2.24) is 5.32 Å². The standard InChI is InChI=1S/C16H15F3N2O2S/c1-24(23)13-9-5-8-12(10-13)20-15(22)21-14(16(17,18)19)11-6-3-2-4-7-11/h2-10,14H,1H3,(H2,20,21,22)/t14-,24-/m1/s1. The van der Waals surface area contributed by atoms with Gasteiger partial charge >= 0.3 is 12.2 Å². The average molecular weight is 356 g/mol. The maximum Gasteiger partial charge on any atom is 0.412 e. The minimum Gasteiger partial charge on any atom is -0.322 e. The number of anilines is 1. The first kappa shape index (κ1) is 18.0. The minimum atomic E-state index is -4.63. The minimum absolute atomic E-state index is 0.0661. The molecule has 0 saturated carbocycles. The lowest BCUT2D eigenvalue weighted by molar-refractivity contribution is -0.154. The van der Waals surface area contributed by atoms with Gasteiger partial charge in [-0.1, -0.05) is 36.4 Å². The van der Waals surface area contributed by atoms with E-state index in [0.29, 0.717) is 4.90 Å². The number of nitrogens with one attached hydrogen (secondary N) is 2. The number of urea groups is 1. The molecule has 2 aromatic carbocycles. The van der Waals surface area contributed by atoms with Crippen molar-refractivity contribution in [2.75, 3.05) is 11.6 Å². The van der Waals surface area contributed by atoms with Crippen LogP contribution in [-0.4, -0.2) is 22.7 Å². The largest absolute Gasteiger partial charge is 0.412 e. The van der Waals surface area contributed by atoms with Crippen molar-refractivity contribution >= 4 is 22.5 Å². The fourth-order valence-electron chi connectivity index (χ4n) is 2.05. The predicted molar refractivity (Wildman–Crippen MR) is 86.2 cm³/mol. The normalized spacial score (nSPS) is 13.8. The molecule has 2 rings (SSSR count). The molecular formula is C16H15F3N2O2S. The van der Waals surface area contributed by atoms with Gasteiger partial charge in [0.25, 0.3) is 0 Å². The highest BCUT2D eigenvalue weighted by Gasteiger charge is 2.41. The molecule has 128 valence electrons. The first-order valence-electron chi connectivity index (χ1n) is 6.90. The lowest BCUT2D eigenvalue weighted by Gasteiger charge is -2.22. The lowest BCUT2D eigenvalue weighted by Crippen LogP contribution is -2.40. The summed E-state index contributed by atoms with van der Waals surface area (Å²) < 4.78 is 51.0. The third-order valence-corrected chi connectivity index (χ3v) is 4.08. The van der Waals surface area contributed by atoms with Crippen LogP contribution in [0.1, 0.15) is 11.6 Å². The maximum absolute atomic E-state index is 13.2. The molecule has 2 aromatic rings. The molecule has 0 aromatic heterocycles. The van der Waals surface area contributed by atoms with Gasteiger partial charge in [0, 0.05) is 27.6 Å². The van der Waals surface area contributed by atoms with E-state index in [9.17, 15) is 22.2 Å². The quantitative estimate of drug-likeness (QED) is 0.874. The molecule has 2 atom stereocenters. The van der Waals surface area contributed by atoms with E-state index in [1.807, 2.05) is 5.32 Å². The summed E-state index contributed by atoms with van der Waals surface area (Å²) in [7, 11) is -1.26. The Kier molecular flexibility index (Phi) is 5.61. The molecule has 0 heterocycles. The number of hydrogen-bond acceptors (Lipinski definition) is 2. The van der Waals surface area contributed by atoms with Crippen LogP contribution in [-0.2, 0) is 10.8 Å². The second-order valence-electron chi connectivity index (χ2n) is 4.97. The van der Waals surface area contributed by atoms with Gasteiger partial charge in [-0.25, -0.2) is 4.79 Å². The van der Waals surface area contributed by atoms with Crippen LogP contribution < -0.4 is 10.6 Å². The Bertz CT molecular complexity index is 736. The molecule has 0 saturated heterocycles. The van der Waals surface area contributed by atoms with E-state index in [2.05, 4.69) is 5.32 Å². The van der Waals surface area contributed by atoms with Crippen LogP contribution in [0.3, 0.4) is 0 Å². The smallest absolute Gasteiger partial charge is 0.322 e. The van der Waals surface area contributed by atoms with Crippen LogP contribution in [0.5, 0.6) is 0 Å². The third kappa shape index (κ3) is 4.82. The van der Waals surface area contributed by atoms with E-state index in [1.54, 1.807) is 18.2 Å². The highest BCUT2D eigenvalue weighted by atomic mass is 32.2. The maximum atomic E-state index is 13.2. The highest BCUT2D eigenvalue weighted by molar-refractivity contribution is 7.84. The van der Waals surface area contributed by atoms with Crippen molar-refractivity contribution in [3.8, 4) is 0 Å². The lowest BCUT2D eigenvalue weighted by atomic mass is 10.1. The van der Waals surface area contributed by atoms with Gasteiger partial charge in [-0.05, 0) is 23.8 Å². The monoisotopic (exact) mass is 356 g/mol. The van der Waals surface area contributed by atoms with Crippen LogP contribution in [0.4, 0.5) is 23.7 Å². The van der Waals surface area contributed by atoms with E-state index in [4.69, 9.17) is 0 Å². The van der Waals surface area contributed by atoms with Crippen LogP contribution in [0.2, 0.25) is 0 Å². The summed E-state index contributed by atoms with van der Waals surface area (Å²) in [6.45, 7) is 0. The first-order chi connectivity index (χ1) is 11.3. The molecule has 0 fully saturated rings. The van der Waals surface area contributed by atoms with Gasteiger partial charge in [-0.3, -0.25) is 4.21 Å². The van der Waals surface area contributed by atoms with Gasteiger partial charge < -0.3 is 10.6 Å². The average Bonchev–Trinajstić information content (AvgIpc) is 2.52. The summed E-state index contributed by atoms with van der Waals surface area (Å²) in [4.78, 5) is 12.4. The molecule has 24 heavy (non-hydrogen) atoms. The summed E-state index contributed by atoms with van der Waals surface area (Å²) in [5.41, 5.74) is 0.192. The molecule has 0 unspecified atom stereocenters. The van der Waals surface area contributed by atoms with E-state index in [1.165, 1.54) is 42.7 Å². The van der Waals surface area contributed by atoms with Gasteiger partial charge in [0.05, 0.1) is 0 Å². The summed E-state index contributed by atoms with van der Waals surface area (Å²) in [5, 5.41) is 4.24. The molecule has 0 aliphatic heterocycles. The number of alkyl halides is 3. The number of benzene rings is 2. The molecule has 2 N–H and O–H groups in total. The molecule has 2 amide bonds. The van der Waals surface area contributed by atoms with E-state index >= 15 is 0 Å². The highest BCUT2D eigenvalue weighted by Crippen LogP contribution is 2.32. The molecule has 0 spiro atoms. The Morgan fingerprint density at radius 3 is 2.33 bits per heavy atom. The number of rotatable bonds is 4. The summed E-state index contributed by atoms with van der Waals surface area (Å²) in [6, 6.07) is 10.1. The molecule has 0 bridgehead atoms. The second kappa shape index (κ2) is 7.48. The zero-order valence-electron chi connectivity index (χ0n) is 12.6. The van der Waals surface area contributed by atoms with Crippen molar-refractivity contribution in [2.45, 2.75) is 17.1 Å². The Morgan fingerprint density at radius 2 is 1.75 bits per heavy atom. The SMILES string of the molecule is C[S@@](=O)c1cccc(NC(=O)N[C@H](c2ccccc2)C(F)(F)F)c1. The van der Waals surface area contributed by atoms with Gasteiger partial charge in [0.15, 0.2) is 6.04 Å². The summed E-state index contributed by atoms with van der Waals surface area (Å²) in [6.07, 6.45) is -3.17. The molecule has 4 nitrogen and oxygen atoms in total.